The zero-order valence-corrected chi connectivity index (χ0v) is 11.8. The molecule has 2 rings (SSSR count). The highest BCUT2D eigenvalue weighted by Gasteiger charge is 2.28. The summed E-state index contributed by atoms with van der Waals surface area (Å²) in [6.45, 7) is 7.64. The lowest BCUT2D eigenvalue weighted by molar-refractivity contribution is -0.0626. The molecule has 0 aliphatic carbocycles. The Labute approximate surface area is 114 Å². The zero-order valence-electron chi connectivity index (χ0n) is 11.8. The normalized spacial score (nSPS) is 23.5. The molecular weight excluding hydrogens is 240 g/mol. The van der Waals surface area contributed by atoms with E-state index in [2.05, 4.69) is 0 Å². The summed E-state index contributed by atoms with van der Waals surface area (Å²) in [7, 11) is 0. The number of nitrogens with two attached hydrogens (primary N) is 1. The molecule has 0 aromatic heterocycles. The molecule has 1 saturated heterocycles. The molecule has 0 radical (unpaired) electrons. The van der Waals surface area contributed by atoms with E-state index in [1.165, 1.54) is 0 Å². The lowest BCUT2D eigenvalue weighted by atomic mass is 10.0. The number of nitrogens with zero attached hydrogens (tertiary/aromatic N) is 1. The standard InChI is InChI=1S/C15H22N2O2/c1-10-5-4-6-14(12(10)3)15(18)17-8-11(2)19-13(7-16)9-17/h4-6,11,13H,7-9,16H2,1-3H3. The summed E-state index contributed by atoms with van der Waals surface area (Å²) in [6.07, 6.45) is -0.0193. The topological polar surface area (TPSA) is 55.6 Å². The number of ether oxygens (including phenoxy) is 1. The van der Waals surface area contributed by atoms with Crippen molar-refractivity contribution >= 4 is 5.91 Å². The molecule has 4 heteroatoms. The Morgan fingerprint density at radius 1 is 1.42 bits per heavy atom. The summed E-state index contributed by atoms with van der Waals surface area (Å²) >= 11 is 0. The Morgan fingerprint density at radius 2 is 2.16 bits per heavy atom. The average molecular weight is 262 g/mol. The minimum Gasteiger partial charge on any atom is -0.370 e. The second-order valence-corrected chi connectivity index (χ2v) is 5.26. The molecule has 2 atom stereocenters. The fourth-order valence-electron chi connectivity index (χ4n) is 2.49. The maximum atomic E-state index is 12.6. The Bertz CT molecular complexity index is 473. The summed E-state index contributed by atoms with van der Waals surface area (Å²) in [6, 6.07) is 5.85. The van der Waals surface area contributed by atoms with Crippen molar-refractivity contribution in [3.63, 3.8) is 0 Å². The van der Waals surface area contributed by atoms with Crippen LogP contribution in [0.25, 0.3) is 0 Å². The number of hydrogen-bond acceptors (Lipinski definition) is 3. The Kier molecular flexibility index (Phi) is 4.22. The number of aryl methyl sites for hydroxylation is 1. The van der Waals surface area contributed by atoms with Gasteiger partial charge >= 0.3 is 0 Å². The molecule has 19 heavy (non-hydrogen) atoms. The van der Waals surface area contributed by atoms with Crippen molar-refractivity contribution in [2.75, 3.05) is 19.6 Å². The smallest absolute Gasteiger partial charge is 0.254 e. The van der Waals surface area contributed by atoms with Gasteiger partial charge in [0.2, 0.25) is 0 Å². The summed E-state index contributed by atoms with van der Waals surface area (Å²) in [5.41, 5.74) is 8.63. The summed E-state index contributed by atoms with van der Waals surface area (Å²) in [4.78, 5) is 14.5. The molecule has 1 aliphatic heterocycles. The second kappa shape index (κ2) is 5.72. The third-order valence-corrected chi connectivity index (χ3v) is 3.71. The van der Waals surface area contributed by atoms with E-state index in [-0.39, 0.29) is 18.1 Å². The molecule has 1 amide bonds. The van der Waals surface area contributed by atoms with Crippen molar-refractivity contribution in [1.82, 2.24) is 4.90 Å². The van der Waals surface area contributed by atoms with Gasteiger partial charge < -0.3 is 15.4 Å². The van der Waals surface area contributed by atoms with E-state index in [4.69, 9.17) is 10.5 Å². The molecule has 4 nitrogen and oxygen atoms in total. The first-order valence-electron chi connectivity index (χ1n) is 6.74. The van der Waals surface area contributed by atoms with Crippen molar-refractivity contribution in [3.05, 3.63) is 34.9 Å². The predicted octanol–water partition coefficient (Wildman–Crippen LogP) is 1.49. The lowest BCUT2D eigenvalue weighted by Crippen LogP contribution is -2.51. The Morgan fingerprint density at radius 3 is 2.84 bits per heavy atom. The highest BCUT2D eigenvalue weighted by molar-refractivity contribution is 5.96. The van der Waals surface area contributed by atoms with Gasteiger partial charge in [0, 0.05) is 25.2 Å². The number of amides is 1. The van der Waals surface area contributed by atoms with Crippen LogP contribution in [0.3, 0.4) is 0 Å². The third-order valence-electron chi connectivity index (χ3n) is 3.71. The molecule has 1 aromatic carbocycles. The van der Waals surface area contributed by atoms with Crippen LogP contribution in [0.2, 0.25) is 0 Å². The molecule has 1 aromatic rings. The van der Waals surface area contributed by atoms with Gasteiger partial charge in [0.1, 0.15) is 0 Å². The highest BCUT2D eigenvalue weighted by Crippen LogP contribution is 2.18. The van der Waals surface area contributed by atoms with Crippen molar-refractivity contribution in [1.29, 1.82) is 0 Å². The largest absolute Gasteiger partial charge is 0.370 e. The molecule has 0 bridgehead atoms. The highest BCUT2D eigenvalue weighted by atomic mass is 16.5. The first-order valence-corrected chi connectivity index (χ1v) is 6.74. The SMILES string of the molecule is Cc1cccc(C(=O)N2CC(C)OC(CN)C2)c1C. The van der Waals surface area contributed by atoms with Gasteiger partial charge in [0.15, 0.2) is 0 Å². The van der Waals surface area contributed by atoms with E-state index in [0.29, 0.717) is 19.6 Å². The van der Waals surface area contributed by atoms with Gasteiger partial charge in [-0.25, -0.2) is 0 Å². The average Bonchev–Trinajstić information content (AvgIpc) is 2.40. The summed E-state index contributed by atoms with van der Waals surface area (Å²) < 4.78 is 5.69. The van der Waals surface area contributed by atoms with Crippen LogP contribution in [-0.2, 0) is 4.74 Å². The zero-order chi connectivity index (χ0) is 14.0. The van der Waals surface area contributed by atoms with E-state index < -0.39 is 0 Å². The van der Waals surface area contributed by atoms with E-state index in [1.54, 1.807) is 0 Å². The molecule has 1 heterocycles. The van der Waals surface area contributed by atoms with Crippen molar-refractivity contribution in [3.8, 4) is 0 Å². The Balaban J connectivity index is 2.21. The van der Waals surface area contributed by atoms with E-state index >= 15 is 0 Å². The third kappa shape index (κ3) is 2.96. The molecule has 2 unspecified atom stereocenters. The van der Waals surface area contributed by atoms with Crippen molar-refractivity contribution < 1.29 is 9.53 Å². The molecule has 0 saturated carbocycles. The minimum absolute atomic E-state index is 0.0383. The number of hydrogen-bond donors (Lipinski definition) is 1. The van der Waals surface area contributed by atoms with Gasteiger partial charge in [-0.15, -0.1) is 0 Å². The lowest BCUT2D eigenvalue weighted by Gasteiger charge is -2.36. The maximum absolute atomic E-state index is 12.6. The van der Waals surface area contributed by atoms with Crippen LogP contribution < -0.4 is 5.73 Å². The van der Waals surface area contributed by atoms with Crippen LogP contribution >= 0.6 is 0 Å². The van der Waals surface area contributed by atoms with E-state index in [1.807, 2.05) is 43.9 Å². The number of carbonyl (C=O) groups is 1. The monoisotopic (exact) mass is 262 g/mol. The maximum Gasteiger partial charge on any atom is 0.254 e. The summed E-state index contributed by atoms with van der Waals surface area (Å²) in [5, 5.41) is 0. The first kappa shape index (κ1) is 14.0. The van der Waals surface area contributed by atoms with Crippen LogP contribution in [-0.4, -0.2) is 42.6 Å². The van der Waals surface area contributed by atoms with Crippen LogP contribution in [0.15, 0.2) is 18.2 Å². The molecular formula is C15H22N2O2. The van der Waals surface area contributed by atoms with Crippen molar-refractivity contribution in [2.45, 2.75) is 33.0 Å². The van der Waals surface area contributed by atoms with Crippen molar-refractivity contribution in [2.24, 2.45) is 5.73 Å². The molecule has 2 N–H and O–H groups in total. The quantitative estimate of drug-likeness (QED) is 0.878. The number of carbonyl (C=O) groups excluding carboxylic acids is 1. The van der Waals surface area contributed by atoms with Gasteiger partial charge in [-0.05, 0) is 38.0 Å². The second-order valence-electron chi connectivity index (χ2n) is 5.26. The van der Waals surface area contributed by atoms with E-state index in [0.717, 1.165) is 16.7 Å². The van der Waals surface area contributed by atoms with E-state index in [9.17, 15) is 4.79 Å². The molecule has 104 valence electrons. The fourth-order valence-corrected chi connectivity index (χ4v) is 2.49. The van der Waals surface area contributed by atoms with Gasteiger partial charge in [0.05, 0.1) is 12.2 Å². The fraction of sp³-hybridized carbons (Fsp3) is 0.533. The number of benzene rings is 1. The number of morpholine rings is 1. The molecule has 1 fully saturated rings. The minimum atomic E-state index is -0.0576. The van der Waals surface area contributed by atoms with Crippen LogP contribution in [0.5, 0.6) is 0 Å². The van der Waals surface area contributed by atoms with Crippen LogP contribution in [0, 0.1) is 13.8 Å². The van der Waals surface area contributed by atoms with Crippen LogP contribution in [0.1, 0.15) is 28.4 Å². The molecule has 1 aliphatic rings. The van der Waals surface area contributed by atoms with Gasteiger partial charge in [-0.1, -0.05) is 12.1 Å². The predicted molar refractivity (Wildman–Crippen MR) is 75.2 cm³/mol. The first-order chi connectivity index (χ1) is 9.02. The van der Waals surface area contributed by atoms with Crippen LogP contribution in [0.4, 0.5) is 0 Å². The molecule has 0 spiro atoms. The van der Waals surface area contributed by atoms with Gasteiger partial charge in [-0.3, -0.25) is 4.79 Å². The summed E-state index contributed by atoms with van der Waals surface area (Å²) in [5.74, 6) is 0.0785. The van der Waals surface area contributed by atoms with Gasteiger partial charge in [0.25, 0.3) is 5.91 Å². The van der Waals surface area contributed by atoms with Gasteiger partial charge in [-0.2, -0.15) is 0 Å². The number of rotatable bonds is 2. The Hall–Kier alpha value is -1.39.